The van der Waals surface area contributed by atoms with Gasteiger partial charge in [-0.25, -0.2) is 0 Å². The van der Waals surface area contributed by atoms with Crippen LogP contribution in [0.2, 0.25) is 0 Å². The second-order valence-corrected chi connectivity index (χ2v) is 4.32. The molecule has 1 aliphatic carbocycles. The first-order chi connectivity index (χ1) is 7.31. The van der Waals surface area contributed by atoms with E-state index < -0.39 is 0 Å². The Hall–Kier alpha value is -1.51. The molecule has 78 valence electrons. The van der Waals surface area contributed by atoms with E-state index in [4.69, 9.17) is 4.42 Å². The molecular weight excluding hydrogens is 190 g/mol. The Kier molecular flexibility index (Phi) is 1.91. The maximum Gasteiger partial charge on any atom is 0.191 e. The Balaban J connectivity index is 1.84. The highest BCUT2D eigenvalue weighted by Gasteiger charge is 2.21. The van der Waals surface area contributed by atoms with Crippen molar-refractivity contribution in [2.45, 2.75) is 25.7 Å². The molecule has 3 nitrogen and oxygen atoms in total. The van der Waals surface area contributed by atoms with Crippen LogP contribution in [-0.2, 0) is 6.42 Å². The number of nitrogens with zero attached hydrogens (tertiary/aromatic N) is 1. The Morgan fingerprint density at radius 2 is 2.33 bits per heavy atom. The Morgan fingerprint density at radius 3 is 3.13 bits per heavy atom. The maximum atomic E-state index is 11.0. The minimum Gasteiger partial charge on any atom is -0.619 e. The van der Waals surface area contributed by atoms with Crippen LogP contribution in [0.3, 0.4) is 0 Å². The van der Waals surface area contributed by atoms with Crippen molar-refractivity contribution in [2.24, 2.45) is 5.92 Å². The summed E-state index contributed by atoms with van der Waals surface area (Å²) in [5, 5.41) is 11.9. The molecule has 0 aromatic carbocycles. The number of rotatable bonds is 3. The van der Waals surface area contributed by atoms with Gasteiger partial charge in [0.1, 0.15) is 11.3 Å². The van der Waals surface area contributed by atoms with Crippen LogP contribution in [-0.4, -0.2) is 0 Å². The molecule has 0 saturated heterocycles. The van der Waals surface area contributed by atoms with Crippen molar-refractivity contribution in [3.05, 3.63) is 35.5 Å². The summed E-state index contributed by atoms with van der Waals surface area (Å²) < 4.78 is 6.46. The van der Waals surface area contributed by atoms with Crippen molar-refractivity contribution in [3.8, 4) is 0 Å². The number of hydrogen-bond acceptors (Lipinski definition) is 2. The summed E-state index contributed by atoms with van der Waals surface area (Å²) in [7, 11) is 0. The van der Waals surface area contributed by atoms with Gasteiger partial charge in [0, 0.05) is 12.5 Å². The van der Waals surface area contributed by atoms with Crippen LogP contribution in [0.25, 0.3) is 11.0 Å². The molecule has 2 aromatic rings. The molecule has 0 aliphatic heterocycles. The van der Waals surface area contributed by atoms with Gasteiger partial charge < -0.3 is 9.62 Å². The smallest absolute Gasteiger partial charge is 0.191 e. The van der Waals surface area contributed by atoms with Gasteiger partial charge in [-0.2, -0.15) is 4.73 Å². The van der Waals surface area contributed by atoms with Gasteiger partial charge in [0.2, 0.25) is 0 Å². The Bertz CT molecular complexity index is 485. The first-order valence-electron chi connectivity index (χ1n) is 5.42. The Morgan fingerprint density at radius 1 is 1.47 bits per heavy atom. The predicted molar refractivity (Wildman–Crippen MR) is 56.2 cm³/mol. The van der Waals surface area contributed by atoms with Crippen LogP contribution in [0.4, 0.5) is 0 Å². The number of aromatic nitrogens is 1. The van der Waals surface area contributed by atoms with E-state index in [0.29, 0.717) is 0 Å². The molecule has 2 aromatic heterocycles. The number of furan rings is 1. The lowest BCUT2D eigenvalue weighted by molar-refractivity contribution is -0.603. The molecule has 0 spiro atoms. The molecule has 3 rings (SSSR count). The fourth-order valence-electron chi connectivity index (χ4n) is 1.90. The first kappa shape index (κ1) is 8.77. The van der Waals surface area contributed by atoms with Gasteiger partial charge in [-0.1, -0.05) is 12.8 Å². The molecule has 0 atom stereocenters. The summed E-state index contributed by atoms with van der Waals surface area (Å²) >= 11 is 0. The number of fused-ring (bicyclic) bond motifs is 1. The third-order valence-electron chi connectivity index (χ3n) is 2.98. The molecule has 0 N–H and O–H groups in total. The van der Waals surface area contributed by atoms with Crippen LogP contribution < -0.4 is 4.73 Å². The largest absolute Gasteiger partial charge is 0.619 e. The lowest BCUT2D eigenvalue weighted by Crippen LogP contribution is -2.23. The monoisotopic (exact) mass is 203 g/mol. The molecule has 0 radical (unpaired) electrons. The summed E-state index contributed by atoms with van der Waals surface area (Å²) in [6.07, 6.45) is 7.99. The zero-order chi connectivity index (χ0) is 10.3. The van der Waals surface area contributed by atoms with Crippen molar-refractivity contribution in [2.75, 3.05) is 0 Å². The molecule has 1 aliphatic rings. The summed E-state index contributed by atoms with van der Waals surface area (Å²) in [6.45, 7) is 0. The molecule has 2 heterocycles. The van der Waals surface area contributed by atoms with Crippen LogP contribution in [0.15, 0.2) is 28.9 Å². The van der Waals surface area contributed by atoms with E-state index in [2.05, 4.69) is 0 Å². The van der Waals surface area contributed by atoms with Gasteiger partial charge in [0.15, 0.2) is 12.4 Å². The molecule has 0 amide bonds. The van der Waals surface area contributed by atoms with Crippen LogP contribution >= 0.6 is 0 Å². The van der Waals surface area contributed by atoms with Crippen LogP contribution in [0, 0.1) is 11.1 Å². The van der Waals surface area contributed by atoms with E-state index in [1.807, 2.05) is 6.07 Å². The van der Waals surface area contributed by atoms with E-state index in [1.165, 1.54) is 25.5 Å². The zero-order valence-corrected chi connectivity index (χ0v) is 8.48. The molecule has 1 saturated carbocycles. The average molecular weight is 203 g/mol. The normalized spacial score (nSPS) is 16.0. The highest BCUT2D eigenvalue weighted by Crippen LogP contribution is 2.34. The SMILES string of the molecule is [O-][n+]1ccc2oc(CCC3CC3)cc2c1. The number of pyridine rings is 1. The molecule has 0 unspecified atom stereocenters. The average Bonchev–Trinajstić information content (AvgIpc) is 2.95. The lowest BCUT2D eigenvalue weighted by atomic mass is 10.2. The fraction of sp³-hybridized carbons (Fsp3) is 0.417. The van der Waals surface area contributed by atoms with E-state index in [0.717, 1.165) is 33.8 Å². The van der Waals surface area contributed by atoms with E-state index in [9.17, 15) is 5.21 Å². The van der Waals surface area contributed by atoms with Gasteiger partial charge in [-0.15, -0.1) is 0 Å². The minimum absolute atomic E-state index is 0.808. The standard InChI is InChI=1S/C12H13NO2/c14-13-6-5-12-10(8-13)7-11(15-12)4-3-9-1-2-9/h5-9H,1-4H2. The topological polar surface area (TPSA) is 40.1 Å². The van der Waals surface area contributed by atoms with Gasteiger partial charge >= 0.3 is 0 Å². The van der Waals surface area contributed by atoms with Gasteiger partial charge in [0.05, 0.1) is 5.39 Å². The second-order valence-electron chi connectivity index (χ2n) is 4.32. The quantitative estimate of drug-likeness (QED) is 0.567. The van der Waals surface area contributed by atoms with E-state index >= 15 is 0 Å². The molecule has 3 heteroatoms. The molecule has 0 bridgehead atoms. The highest BCUT2D eigenvalue weighted by molar-refractivity contribution is 5.75. The van der Waals surface area contributed by atoms with Crippen molar-refractivity contribution in [3.63, 3.8) is 0 Å². The van der Waals surface area contributed by atoms with E-state index in [1.54, 1.807) is 12.3 Å². The van der Waals surface area contributed by atoms with E-state index in [-0.39, 0.29) is 0 Å². The molecular formula is C12H13NO2. The van der Waals surface area contributed by atoms with Crippen molar-refractivity contribution in [1.82, 2.24) is 0 Å². The zero-order valence-electron chi connectivity index (χ0n) is 8.48. The summed E-state index contributed by atoms with van der Waals surface area (Å²) in [6, 6.07) is 3.70. The molecule has 1 fully saturated rings. The van der Waals surface area contributed by atoms with Gasteiger partial charge in [-0.05, 0) is 18.4 Å². The van der Waals surface area contributed by atoms with Gasteiger partial charge in [0.25, 0.3) is 0 Å². The van der Waals surface area contributed by atoms with Crippen molar-refractivity contribution in [1.29, 1.82) is 0 Å². The summed E-state index contributed by atoms with van der Waals surface area (Å²) in [5.41, 5.74) is 0.813. The third-order valence-corrected chi connectivity index (χ3v) is 2.98. The highest BCUT2D eigenvalue weighted by atomic mass is 16.5. The fourth-order valence-corrected chi connectivity index (χ4v) is 1.90. The third kappa shape index (κ3) is 1.82. The summed E-state index contributed by atoms with van der Waals surface area (Å²) in [4.78, 5) is 0. The maximum absolute atomic E-state index is 11.0. The predicted octanol–water partition coefficient (Wildman–Crippen LogP) is 2.41. The number of hydrogen-bond donors (Lipinski definition) is 0. The molecule has 15 heavy (non-hydrogen) atoms. The minimum atomic E-state index is 0.808. The lowest BCUT2D eigenvalue weighted by Gasteiger charge is -1.92. The van der Waals surface area contributed by atoms with Gasteiger partial charge in [-0.3, -0.25) is 0 Å². The first-order valence-corrected chi connectivity index (χ1v) is 5.42. The van der Waals surface area contributed by atoms with Crippen molar-refractivity contribution >= 4 is 11.0 Å². The van der Waals surface area contributed by atoms with Crippen LogP contribution in [0.1, 0.15) is 25.0 Å². The Labute approximate surface area is 87.9 Å². The second kappa shape index (κ2) is 3.26. The summed E-state index contributed by atoms with van der Waals surface area (Å²) in [5.74, 6) is 1.92. The number of aryl methyl sites for hydroxylation is 1. The van der Waals surface area contributed by atoms with Crippen LogP contribution in [0.5, 0.6) is 0 Å². The van der Waals surface area contributed by atoms with Crippen molar-refractivity contribution < 1.29 is 9.15 Å².